The molecule has 20 heavy (non-hydrogen) atoms. The maximum absolute atomic E-state index is 11.7. The van der Waals surface area contributed by atoms with Gasteiger partial charge in [-0.1, -0.05) is 30.3 Å². The van der Waals surface area contributed by atoms with Gasteiger partial charge in [-0.05, 0) is 12.5 Å². The number of aliphatic hydroxyl groups is 1. The van der Waals surface area contributed by atoms with Crippen LogP contribution in [-0.4, -0.2) is 27.4 Å². The number of aromatic nitrogens is 2. The van der Waals surface area contributed by atoms with E-state index in [2.05, 4.69) is 20.8 Å². The summed E-state index contributed by atoms with van der Waals surface area (Å²) in [6, 6.07) is 9.72. The number of carbonyl (C=O) groups excluding carboxylic acids is 1. The van der Waals surface area contributed by atoms with E-state index < -0.39 is 18.2 Å². The van der Waals surface area contributed by atoms with Crippen molar-refractivity contribution in [3.63, 3.8) is 0 Å². The van der Waals surface area contributed by atoms with Gasteiger partial charge in [0.2, 0.25) is 0 Å². The Bertz CT molecular complexity index is 569. The van der Waals surface area contributed by atoms with Crippen LogP contribution in [0.2, 0.25) is 0 Å². The zero-order valence-electron chi connectivity index (χ0n) is 11.0. The largest absolute Gasteiger partial charge is 0.386 e. The number of nitrogens with zero attached hydrogens (tertiary/aromatic N) is 1. The van der Waals surface area contributed by atoms with Crippen LogP contribution in [0.15, 0.2) is 36.4 Å². The second kappa shape index (κ2) is 6.07. The molecule has 1 aromatic heterocycles. The molecule has 2 amide bonds. The Labute approximate surface area is 116 Å². The van der Waals surface area contributed by atoms with Gasteiger partial charge in [-0.15, -0.1) is 0 Å². The Morgan fingerprint density at radius 1 is 1.40 bits per heavy atom. The fourth-order valence-corrected chi connectivity index (χ4v) is 1.78. The molecule has 2 aromatic rings. The van der Waals surface area contributed by atoms with Gasteiger partial charge >= 0.3 is 6.03 Å². The zero-order valence-corrected chi connectivity index (χ0v) is 11.0. The predicted molar refractivity (Wildman–Crippen MR) is 76.0 cm³/mol. The van der Waals surface area contributed by atoms with Crippen LogP contribution in [-0.2, 0) is 0 Å². The van der Waals surface area contributed by atoms with E-state index in [0.717, 1.165) is 5.56 Å². The number of anilines is 2. The van der Waals surface area contributed by atoms with Crippen LogP contribution in [0.3, 0.4) is 0 Å². The molecule has 0 fully saturated rings. The second-order valence-corrected chi connectivity index (χ2v) is 4.45. The summed E-state index contributed by atoms with van der Waals surface area (Å²) in [6.07, 6.45) is -0.786. The minimum atomic E-state index is -0.786. The molecule has 0 saturated carbocycles. The maximum atomic E-state index is 11.7. The SMILES string of the molecule is C[C@@H](NC(=O)Nc1cc(N)[nH]n1)C(O)c1ccccc1. The highest BCUT2D eigenvalue weighted by Crippen LogP contribution is 2.16. The first-order chi connectivity index (χ1) is 9.56. The number of hydrogen-bond donors (Lipinski definition) is 5. The monoisotopic (exact) mass is 275 g/mol. The number of nitrogens with one attached hydrogen (secondary N) is 3. The molecule has 0 bridgehead atoms. The van der Waals surface area contributed by atoms with Crippen LogP contribution in [0, 0.1) is 0 Å². The topological polar surface area (TPSA) is 116 Å². The summed E-state index contributed by atoms with van der Waals surface area (Å²) < 4.78 is 0. The number of aliphatic hydroxyl groups excluding tert-OH is 1. The van der Waals surface area contributed by atoms with Gasteiger partial charge in [0.05, 0.1) is 12.1 Å². The molecule has 7 nitrogen and oxygen atoms in total. The van der Waals surface area contributed by atoms with E-state index in [1.165, 1.54) is 6.07 Å². The normalized spacial score (nSPS) is 13.5. The molecule has 2 atom stereocenters. The van der Waals surface area contributed by atoms with E-state index in [9.17, 15) is 9.90 Å². The Morgan fingerprint density at radius 2 is 2.10 bits per heavy atom. The summed E-state index contributed by atoms with van der Waals surface area (Å²) in [6.45, 7) is 1.72. The van der Waals surface area contributed by atoms with E-state index in [1.807, 2.05) is 18.2 Å². The number of amides is 2. The van der Waals surface area contributed by atoms with Crippen molar-refractivity contribution >= 4 is 17.7 Å². The zero-order chi connectivity index (χ0) is 14.5. The Morgan fingerprint density at radius 3 is 2.70 bits per heavy atom. The predicted octanol–water partition coefficient (Wildman–Crippen LogP) is 1.24. The Balaban J connectivity index is 1.90. The van der Waals surface area contributed by atoms with Gasteiger partial charge in [-0.25, -0.2) is 4.79 Å². The quantitative estimate of drug-likeness (QED) is 0.577. The summed E-state index contributed by atoms with van der Waals surface area (Å²) in [7, 11) is 0. The average Bonchev–Trinajstić information content (AvgIpc) is 2.84. The van der Waals surface area contributed by atoms with Crippen molar-refractivity contribution < 1.29 is 9.90 Å². The lowest BCUT2D eigenvalue weighted by molar-refractivity contribution is 0.139. The number of hydrogen-bond acceptors (Lipinski definition) is 4. The minimum Gasteiger partial charge on any atom is -0.386 e. The van der Waals surface area contributed by atoms with Gasteiger partial charge in [-0.3, -0.25) is 10.4 Å². The third-order valence-electron chi connectivity index (χ3n) is 2.81. The first-order valence-electron chi connectivity index (χ1n) is 6.17. The van der Waals surface area contributed by atoms with Gasteiger partial charge in [0.15, 0.2) is 5.82 Å². The van der Waals surface area contributed by atoms with E-state index in [-0.39, 0.29) is 0 Å². The average molecular weight is 275 g/mol. The molecule has 1 aromatic carbocycles. The third kappa shape index (κ3) is 3.48. The molecule has 0 aliphatic rings. The lowest BCUT2D eigenvalue weighted by Gasteiger charge is -2.20. The van der Waals surface area contributed by atoms with Gasteiger partial charge in [0.1, 0.15) is 5.82 Å². The number of aromatic amines is 1. The summed E-state index contributed by atoms with van der Waals surface area (Å²) in [5.41, 5.74) is 6.19. The fraction of sp³-hybridized carbons (Fsp3) is 0.231. The summed E-state index contributed by atoms with van der Waals surface area (Å²) in [5, 5.41) is 21.6. The van der Waals surface area contributed by atoms with Crippen molar-refractivity contribution in [3.8, 4) is 0 Å². The van der Waals surface area contributed by atoms with E-state index >= 15 is 0 Å². The molecule has 0 saturated heterocycles. The van der Waals surface area contributed by atoms with E-state index in [1.54, 1.807) is 19.1 Å². The van der Waals surface area contributed by atoms with Crippen LogP contribution in [0.5, 0.6) is 0 Å². The summed E-state index contributed by atoms with van der Waals surface area (Å²) in [5.74, 6) is 0.680. The van der Waals surface area contributed by atoms with E-state index in [0.29, 0.717) is 11.6 Å². The van der Waals surface area contributed by atoms with Crippen LogP contribution < -0.4 is 16.4 Å². The van der Waals surface area contributed by atoms with Crippen molar-refractivity contribution in [3.05, 3.63) is 42.0 Å². The Kier molecular flexibility index (Phi) is 4.21. The van der Waals surface area contributed by atoms with Crippen molar-refractivity contribution in [2.24, 2.45) is 0 Å². The lowest BCUT2D eigenvalue weighted by Crippen LogP contribution is -2.39. The van der Waals surface area contributed by atoms with Gasteiger partial charge < -0.3 is 16.2 Å². The number of carbonyl (C=O) groups is 1. The third-order valence-corrected chi connectivity index (χ3v) is 2.81. The van der Waals surface area contributed by atoms with Crippen molar-refractivity contribution in [1.29, 1.82) is 0 Å². The highest BCUT2D eigenvalue weighted by Gasteiger charge is 2.18. The molecule has 0 aliphatic carbocycles. The van der Waals surface area contributed by atoms with Crippen LogP contribution in [0.25, 0.3) is 0 Å². The number of urea groups is 1. The van der Waals surface area contributed by atoms with Gasteiger partial charge in [0, 0.05) is 6.07 Å². The first-order valence-corrected chi connectivity index (χ1v) is 6.17. The number of rotatable bonds is 4. The van der Waals surface area contributed by atoms with Gasteiger partial charge in [-0.2, -0.15) is 5.10 Å². The molecule has 0 radical (unpaired) electrons. The van der Waals surface area contributed by atoms with Crippen LogP contribution in [0.4, 0.5) is 16.4 Å². The first kappa shape index (κ1) is 13.9. The fourth-order valence-electron chi connectivity index (χ4n) is 1.78. The number of H-pyrrole nitrogens is 1. The Hall–Kier alpha value is -2.54. The summed E-state index contributed by atoms with van der Waals surface area (Å²) in [4.78, 5) is 11.7. The molecular formula is C13H17N5O2. The van der Waals surface area contributed by atoms with Gasteiger partial charge in [0.25, 0.3) is 0 Å². The van der Waals surface area contributed by atoms with Crippen LogP contribution >= 0.6 is 0 Å². The number of nitrogen functional groups attached to an aromatic ring is 1. The molecule has 0 spiro atoms. The molecule has 1 unspecified atom stereocenters. The minimum absolute atomic E-state index is 0.321. The molecule has 6 N–H and O–H groups in total. The van der Waals surface area contributed by atoms with E-state index in [4.69, 9.17) is 5.73 Å². The van der Waals surface area contributed by atoms with Crippen molar-refractivity contribution in [2.75, 3.05) is 11.1 Å². The summed E-state index contributed by atoms with van der Waals surface area (Å²) >= 11 is 0. The molecular weight excluding hydrogens is 258 g/mol. The number of benzene rings is 1. The standard InChI is InChI=1S/C13H17N5O2/c1-8(12(19)9-5-3-2-4-6-9)15-13(20)16-11-7-10(14)17-18-11/h2-8,12,19H,1H3,(H5,14,15,16,17,18,20)/t8-,12?/m1/s1. The highest BCUT2D eigenvalue weighted by atomic mass is 16.3. The van der Waals surface area contributed by atoms with Crippen LogP contribution in [0.1, 0.15) is 18.6 Å². The maximum Gasteiger partial charge on any atom is 0.320 e. The number of nitrogens with two attached hydrogens (primary N) is 1. The molecule has 0 aliphatic heterocycles. The molecule has 106 valence electrons. The lowest BCUT2D eigenvalue weighted by atomic mass is 10.0. The van der Waals surface area contributed by atoms with Crippen molar-refractivity contribution in [2.45, 2.75) is 19.1 Å². The van der Waals surface area contributed by atoms with Crippen molar-refractivity contribution in [1.82, 2.24) is 15.5 Å². The molecule has 7 heteroatoms. The smallest absolute Gasteiger partial charge is 0.320 e. The molecule has 1 heterocycles. The molecule has 2 rings (SSSR count). The second-order valence-electron chi connectivity index (χ2n) is 4.45. The highest BCUT2D eigenvalue weighted by molar-refractivity contribution is 5.88.